The summed E-state index contributed by atoms with van der Waals surface area (Å²) in [6.07, 6.45) is 1.15. The Balaban J connectivity index is 2.36. The van der Waals surface area contributed by atoms with Crippen molar-refractivity contribution in [2.24, 2.45) is 10.2 Å². The van der Waals surface area contributed by atoms with Gasteiger partial charge in [0, 0.05) is 5.39 Å². The van der Waals surface area contributed by atoms with Crippen LogP contribution in [0, 0.1) is 11.3 Å². The molecule has 0 unspecified atom stereocenters. The Labute approximate surface area is 157 Å². The second kappa shape index (κ2) is 6.65. The molecule has 4 N–H and O–H groups in total. The van der Waals surface area contributed by atoms with Gasteiger partial charge >= 0.3 is 0 Å². The monoisotopic (exact) mass is 423 g/mol. The van der Waals surface area contributed by atoms with Crippen molar-refractivity contribution in [2.45, 2.75) is 9.79 Å². The predicted molar refractivity (Wildman–Crippen MR) is 92.7 cm³/mol. The zero-order chi connectivity index (χ0) is 20.7. The molecular weight excluding hydrogens is 414 g/mol. The van der Waals surface area contributed by atoms with Gasteiger partial charge in [-0.2, -0.15) is 22.1 Å². The molecule has 1 aromatic heterocycles. The largest absolute Gasteiger partial charge is 0.504 e. The number of fused-ring (bicyclic) bond motifs is 1. The molecule has 1 heterocycles. The number of imidazole rings is 1. The molecule has 12 nitrogen and oxygen atoms in total. The summed E-state index contributed by atoms with van der Waals surface area (Å²) in [4.78, 5) is 4.75. The zero-order valence-corrected chi connectivity index (χ0v) is 15.1. The number of nitrogens with one attached hydrogen (secondary N) is 1. The van der Waals surface area contributed by atoms with Crippen molar-refractivity contribution in [1.29, 1.82) is 5.26 Å². The van der Waals surface area contributed by atoms with Gasteiger partial charge in [0.1, 0.15) is 16.7 Å². The van der Waals surface area contributed by atoms with E-state index in [2.05, 4.69) is 20.2 Å². The number of aromatic nitrogens is 2. The van der Waals surface area contributed by atoms with Crippen molar-refractivity contribution in [2.75, 3.05) is 0 Å². The molecule has 0 amide bonds. The Bertz CT molecular complexity index is 1390. The van der Waals surface area contributed by atoms with E-state index in [0.29, 0.717) is 0 Å². The van der Waals surface area contributed by atoms with Crippen LogP contribution >= 0.6 is 0 Å². The fraction of sp³-hybridized carbons (Fsp3) is 0. The SMILES string of the molecule is N#Cc1[nH]cnc1N=Nc1c(O)c(S(=O)(=O)O)cc2ccc(S(=O)(=O)O)cc12. The number of nitriles is 1. The van der Waals surface area contributed by atoms with E-state index in [0.717, 1.165) is 30.6 Å². The van der Waals surface area contributed by atoms with Gasteiger partial charge in [-0.15, -0.1) is 10.2 Å². The van der Waals surface area contributed by atoms with E-state index in [9.17, 15) is 31.0 Å². The lowest BCUT2D eigenvalue weighted by molar-refractivity contribution is 0.445. The highest BCUT2D eigenvalue weighted by Gasteiger charge is 2.23. The number of nitrogens with zero attached hydrogens (tertiary/aromatic N) is 4. The van der Waals surface area contributed by atoms with Crippen molar-refractivity contribution in [3.05, 3.63) is 36.3 Å². The van der Waals surface area contributed by atoms with Crippen LogP contribution in [0.15, 0.2) is 50.6 Å². The molecule has 0 spiro atoms. The molecule has 0 fully saturated rings. The van der Waals surface area contributed by atoms with E-state index >= 15 is 0 Å². The molecule has 28 heavy (non-hydrogen) atoms. The third kappa shape index (κ3) is 3.54. The minimum Gasteiger partial charge on any atom is -0.504 e. The fourth-order valence-electron chi connectivity index (χ4n) is 2.32. The molecule has 3 aromatic rings. The lowest BCUT2D eigenvalue weighted by atomic mass is 10.1. The highest BCUT2D eigenvalue weighted by molar-refractivity contribution is 7.86. The molecule has 0 saturated heterocycles. The Kier molecular flexibility index (Phi) is 4.61. The number of rotatable bonds is 4. The summed E-state index contributed by atoms with van der Waals surface area (Å²) in [6.45, 7) is 0. The van der Waals surface area contributed by atoms with Gasteiger partial charge in [0.15, 0.2) is 11.4 Å². The summed E-state index contributed by atoms with van der Waals surface area (Å²) in [5.74, 6) is -1.20. The molecule has 14 heteroatoms. The molecule has 0 aliphatic carbocycles. The summed E-state index contributed by atoms with van der Waals surface area (Å²) in [5.41, 5.74) is -0.598. The number of benzene rings is 2. The molecule has 0 aliphatic heterocycles. The van der Waals surface area contributed by atoms with Crippen LogP contribution < -0.4 is 0 Å². The first kappa shape index (κ1) is 19.4. The minimum absolute atomic E-state index is 0.0642. The van der Waals surface area contributed by atoms with E-state index in [4.69, 9.17) is 5.26 Å². The number of hydrogen-bond donors (Lipinski definition) is 4. The van der Waals surface area contributed by atoms with Gasteiger partial charge in [-0.05, 0) is 23.6 Å². The van der Waals surface area contributed by atoms with E-state index in [1.54, 1.807) is 6.07 Å². The quantitative estimate of drug-likeness (QED) is 0.357. The van der Waals surface area contributed by atoms with Crippen LogP contribution in [0.4, 0.5) is 11.5 Å². The lowest BCUT2D eigenvalue weighted by Crippen LogP contribution is -2.00. The normalized spacial score (nSPS) is 12.5. The van der Waals surface area contributed by atoms with Crippen molar-refractivity contribution in [3.63, 3.8) is 0 Å². The smallest absolute Gasteiger partial charge is 0.298 e. The third-order valence-corrected chi connectivity index (χ3v) is 5.29. The minimum atomic E-state index is -4.86. The number of H-pyrrole nitrogens is 1. The second-order valence-corrected chi connectivity index (χ2v) is 8.13. The molecular formula is C14H9N5O7S2. The standard InChI is InChI=1S/C14H9N5O7S2/c15-5-10-14(17-6-16-10)19-18-12-9-4-8(27(21,22)23)2-1-7(9)3-11(13(12)20)28(24,25)26/h1-4,6,20H,(H,16,17)(H,21,22,23)(H,24,25,26). The molecule has 3 rings (SSSR count). The van der Waals surface area contributed by atoms with Crippen LogP contribution in [0.2, 0.25) is 0 Å². The lowest BCUT2D eigenvalue weighted by Gasteiger charge is -2.09. The van der Waals surface area contributed by atoms with E-state index in [-0.39, 0.29) is 22.3 Å². The molecule has 0 bridgehead atoms. The molecule has 0 atom stereocenters. The highest BCUT2D eigenvalue weighted by Crippen LogP contribution is 2.42. The molecule has 144 valence electrons. The van der Waals surface area contributed by atoms with Crippen LogP contribution in [0.25, 0.3) is 10.8 Å². The number of azo groups is 1. The van der Waals surface area contributed by atoms with Gasteiger partial charge in [0.25, 0.3) is 20.2 Å². The summed E-state index contributed by atoms with van der Waals surface area (Å²) in [5, 5.41) is 26.5. The number of phenolic OH excluding ortho intramolecular Hbond substituents is 1. The maximum absolute atomic E-state index is 11.5. The second-order valence-electron chi connectivity index (χ2n) is 5.32. The van der Waals surface area contributed by atoms with Gasteiger partial charge in [0.05, 0.1) is 11.2 Å². The highest BCUT2D eigenvalue weighted by atomic mass is 32.2. The van der Waals surface area contributed by atoms with Gasteiger partial charge in [-0.25, -0.2) is 4.98 Å². The fourth-order valence-corrected chi connectivity index (χ4v) is 3.44. The topological polar surface area (TPSA) is 206 Å². The summed E-state index contributed by atoms with van der Waals surface area (Å²) < 4.78 is 64.4. The molecule has 0 radical (unpaired) electrons. The Hall–Kier alpha value is -3.38. The van der Waals surface area contributed by atoms with Crippen LogP contribution in [0.5, 0.6) is 5.75 Å². The van der Waals surface area contributed by atoms with Crippen molar-refractivity contribution in [3.8, 4) is 11.8 Å². The molecule has 0 aliphatic rings. The van der Waals surface area contributed by atoms with Crippen LogP contribution in [-0.2, 0) is 20.2 Å². The van der Waals surface area contributed by atoms with Gasteiger partial charge in [0.2, 0.25) is 5.82 Å². The maximum atomic E-state index is 11.5. The van der Waals surface area contributed by atoms with Gasteiger partial charge in [-0.3, -0.25) is 9.11 Å². The number of hydrogen-bond acceptors (Lipinski definition) is 9. The van der Waals surface area contributed by atoms with E-state index in [1.165, 1.54) is 0 Å². The predicted octanol–water partition coefficient (Wildman–Crippen LogP) is 2.05. The Morgan fingerprint density at radius 3 is 2.39 bits per heavy atom. The van der Waals surface area contributed by atoms with Gasteiger partial charge < -0.3 is 10.1 Å². The van der Waals surface area contributed by atoms with Crippen molar-refractivity contribution >= 4 is 42.5 Å². The summed E-state index contributed by atoms with van der Waals surface area (Å²) in [7, 11) is -9.48. The van der Waals surface area contributed by atoms with Crippen LogP contribution in [-0.4, -0.2) is 41.0 Å². The average molecular weight is 423 g/mol. The van der Waals surface area contributed by atoms with Crippen LogP contribution in [0.1, 0.15) is 5.69 Å². The first-order valence-electron chi connectivity index (χ1n) is 7.12. The summed E-state index contributed by atoms with van der Waals surface area (Å²) in [6, 6.07) is 5.70. The average Bonchev–Trinajstić information content (AvgIpc) is 3.05. The molecule has 0 saturated carbocycles. The van der Waals surface area contributed by atoms with E-state index < -0.39 is 41.5 Å². The van der Waals surface area contributed by atoms with Crippen LogP contribution in [0.3, 0.4) is 0 Å². The van der Waals surface area contributed by atoms with E-state index in [1.807, 2.05) is 0 Å². The number of aromatic amines is 1. The zero-order valence-electron chi connectivity index (χ0n) is 13.5. The Morgan fingerprint density at radius 1 is 1.07 bits per heavy atom. The first-order chi connectivity index (χ1) is 13.0. The maximum Gasteiger partial charge on any atom is 0.298 e. The number of phenols is 1. The Morgan fingerprint density at radius 2 is 1.79 bits per heavy atom. The van der Waals surface area contributed by atoms with Gasteiger partial charge in [-0.1, -0.05) is 6.07 Å². The first-order valence-corrected chi connectivity index (χ1v) is 10.0. The molecule has 2 aromatic carbocycles. The number of aromatic hydroxyl groups is 1. The summed E-state index contributed by atoms with van der Waals surface area (Å²) >= 11 is 0. The third-order valence-electron chi connectivity index (χ3n) is 3.58. The van der Waals surface area contributed by atoms with Crippen molar-refractivity contribution < 1.29 is 31.0 Å². The van der Waals surface area contributed by atoms with Crippen molar-refractivity contribution in [1.82, 2.24) is 9.97 Å².